The average molecular weight is 117 g/mol. The maximum absolute atomic E-state index is 7.32. The summed E-state index contributed by atoms with van der Waals surface area (Å²) in [5.41, 5.74) is 0. The first-order valence-corrected chi connectivity index (χ1v) is 2.12. The molecule has 0 aliphatic carbocycles. The minimum absolute atomic E-state index is 0.389. The summed E-state index contributed by atoms with van der Waals surface area (Å²) in [5.74, 6) is 0. The molecule has 0 bridgehead atoms. The zero-order valence-corrected chi connectivity index (χ0v) is 5.47. The third-order valence-corrected chi connectivity index (χ3v) is 0.236. The topological polar surface area (TPSA) is 42.2 Å². The largest absolute Gasteiger partial charge is 0.359 e. The molecule has 0 fully saturated rings. The van der Waals surface area contributed by atoms with Crippen molar-refractivity contribution < 1.29 is 9.47 Å². The van der Waals surface area contributed by atoms with Gasteiger partial charge in [0.1, 0.15) is 6.79 Å². The van der Waals surface area contributed by atoms with Crippen LogP contribution in [0.3, 0.4) is 0 Å². The second-order valence-corrected chi connectivity index (χ2v) is 0.919. The lowest BCUT2D eigenvalue weighted by Gasteiger charge is -1.87. The van der Waals surface area contributed by atoms with E-state index in [1.54, 1.807) is 20.3 Å². The van der Waals surface area contributed by atoms with E-state index < -0.39 is 0 Å². The van der Waals surface area contributed by atoms with Crippen molar-refractivity contribution in [3.8, 4) is 6.07 Å². The average Bonchev–Trinajstić information content (AvgIpc) is 1.71. The summed E-state index contributed by atoms with van der Waals surface area (Å²) in [4.78, 5) is 0. The highest BCUT2D eigenvalue weighted by Gasteiger charge is 1.63. The molecule has 3 nitrogen and oxygen atoms in total. The third kappa shape index (κ3) is 52.9. The molecule has 0 N–H and O–H groups in total. The molecule has 48 valence electrons. The van der Waals surface area contributed by atoms with Gasteiger partial charge in [0.25, 0.3) is 0 Å². The van der Waals surface area contributed by atoms with Crippen molar-refractivity contribution >= 4 is 0 Å². The van der Waals surface area contributed by atoms with E-state index >= 15 is 0 Å². The molecule has 8 heavy (non-hydrogen) atoms. The number of nitrogens with zero attached hydrogens (tertiary/aromatic N) is 1. The number of rotatable bonds is 2. The lowest BCUT2D eigenvalue weighted by Crippen LogP contribution is -1.87. The van der Waals surface area contributed by atoms with Gasteiger partial charge in [0.2, 0.25) is 0 Å². The minimum Gasteiger partial charge on any atom is -0.359 e. The molecule has 0 aromatic rings. The molecule has 0 spiro atoms. The van der Waals surface area contributed by atoms with E-state index in [-0.39, 0.29) is 0 Å². The van der Waals surface area contributed by atoms with Gasteiger partial charge in [-0.05, 0) is 0 Å². The number of hydrogen-bond donors (Lipinski definition) is 0. The van der Waals surface area contributed by atoms with Gasteiger partial charge >= 0.3 is 0 Å². The number of nitriles is 1. The molecule has 0 rings (SSSR count). The third-order valence-electron chi connectivity index (χ3n) is 0.236. The van der Waals surface area contributed by atoms with Crippen LogP contribution in [-0.4, -0.2) is 21.0 Å². The zero-order chi connectivity index (χ0) is 6.83. The van der Waals surface area contributed by atoms with Gasteiger partial charge in [-0.2, -0.15) is 5.26 Å². The summed E-state index contributed by atoms with van der Waals surface area (Å²) < 4.78 is 8.94. The Morgan fingerprint density at radius 2 is 1.62 bits per heavy atom. The predicted octanol–water partition coefficient (Wildman–Crippen LogP) is 0.767. The van der Waals surface area contributed by atoms with Gasteiger partial charge in [-0.1, -0.05) is 0 Å². The van der Waals surface area contributed by atoms with Gasteiger partial charge < -0.3 is 9.47 Å². The first-order valence-electron chi connectivity index (χ1n) is 2.12. The molecule has 0 amide bonds. The van der Waals surface area contributed by atoms with E-state index in [0.717, 1.165) is 0 Å². The van der Waals surface area contributed by atoms with E-state index in [9.17, 15) is 0 Å². The second kappa shape index (κ2) is 16.1. The monoisotopic (exact) mass is 117 g/mol. The fraction of sp³-hybridized carbons (Fsp3) is 0.800. The van der Waals surface area contributed by atoms with E-state index in [1.807, 2.05) is 0 Å². The van der Waals surface area contributed by atoms with Gasteiger partial charge in [0.15, 0.2) is 0 Å². The Kier molecular flexibility index (Phi) is 21.0. The first kappa shape index (κ1) is 10.4. The van der Waals surface area contributed by atoms with Crippen molar-refractivity contribution in [2.24, 2.45) is 0 Å². The molecular formula is C5H11NO2. The van der Waals surface area contributed by atoms with E-state index in [2.05, 4.69) is 9.47 Å². The van der Waals surface area contributed by atoms with Crippen LogP contribution < -0.4 is 0 Å². The highest BCUT2D eigenvalue weighted by Crippen LogP contribution is 1.60. The molecule has 0 heterocycles. The molecule has 0 aromatic carbocycles. The van der Waals surface area contributed by atoms with Crippen molar-refractivity contribution in [2.75, 3.05) is 21.0 Å². The van der Waals surface area contributed by atoms with Crippen molar-refractivity contribution in [1.29, 1.82) is 5.26 Å². The standard InChI is InChI=1S/C3H8O2.C2H3N/c1-4-3-5-2;1-2-3/h3H2,1-2H3;1H3. The van der Waals surface area contributed by atoms with E-state index in [4.69, 9.17) is 5.26 Å². The van der Waals surface area contributed by atoms with Crippen LogP contribution in [-0.2, 0) is 9.47 Å². The molecule has 0 saturated heterocycles. The molecule has 0 saturated carbocycles. The Morgan fingerprint density at radius 3 is 1.62 bits per heavy atom. The molecule has 0 atom stereocenters. The Morgan fingerprint density at radius 1 is 1.38 bits per heavy atom. The normalized spacial score (nSPS) is 6.25. The van der Waals surface area contributed by atoms with Crippen LogP contribution in [0.15, 0.2) is 0 Å². The van der Waals surface area contributed by atoms with Gasteiger partial charge in [-0.15, -0.1) is 0 Å². The fourth-order valence-electron chi connectivity index (χ4n) is 0.118. The quantitative estimate of drug-likeness (QED) is 0.501. The molecule has 0 aliphatic heterocycles. The maximum atomic E-state index is 7.32. The SMILES string of the molecule is CC#N.COCOC. The molecule has 0 aliphatic rings. The summed E-state index contributed by atoms with van der Waals surface area (Å²) >= 11 is 0. The highest BCUT2D eigenvalue weighted by atomic mass is 16.6. The van der Waals surface area contributed by atoms with Crippen molar-refractivity contribution in [3.63, 3.8) is 0 Å². The predicted molar refractivity (Wildman–Crippen MR) is 30.2 cm³/mol. The summed E-state index contributed by atoms with van der Waals surface area (Å²) in [6, 6.07) is 1.75. The highest BCUT2D eigenvalue weighted by molar-refractivity contribution is 4.51. The number of ether oxygens (including phenoxy) is 2. The van der Waals surface area contributed by atoms with Gasteiger partial charge in [-0.25, -0.2) is 0 Å². The first-order chi connectivity index (χ1) is 3.83. The Hall–Kier alpha value is -0.590. The molecule has 3 heteroatoms. The smallest absolute Gasteiger partial charge is 0.145 e. The minimum atomic E-state index is 0.389. The molecule has 0 radical (unpaired) electrons. The number of hydrogen-bond acceptors (Lipinski definition) is 3. The summed E-state index contributed by atoms with van der Waals surface area (Å²) in [7, 11) is 3.17. The summed E-state index contributed by atoms with van der Waals surface area (Å²) in [6.45, 7) is 1.82. The maximum Gasteiger partial charge on any atom is 0.145 e. The molecule has 0 aromatic heterocycles. The van der Waals surface area contributed by atoms with Crippen molar-refractivity contribution in [2.45, 2.75) is 6.92 Å². The van der Waals surface area contributed by atoms with Crippen LogP contribution in [0.4, 0.5) is 0 Å². The van der Waals surface area contributed by atoms with E-state index in [0.29, 0.717) is 6.79 Å². The lowest BCUT2D eigenvalue weighted by molar-refractivity contribution is -0.00271. The van der Waals surface area contributed by atoms with Crippen LogP contribution in [0, 0.1) is 11.3 Å². The molecule has 0 unspecified atom stereocenters. The Labute approximate surface area is 49.8 Å². The van der Waals surface area contributed by atoms with Crippen LogP contribution in [0.25, 0.3) is 0 Å². The van der Waals surface area contributed by atoms with Gasteiger partial charge in [-0.3, -0.25) is 0 Å². The van der Waals surface area contributed by atoms with Crippen LogP contribution in [0.5, 0.6) is 0 Å². The number of methoxy groups -OCH3 is 2. The zero-order valence-electron chi connectivity index (χ0n) is 5.47. The fourth-order valence-corrected chi connectivity index (χ4v) is 0.118. The van der Waals surface area contributed by atoms with Crippen molar-refractivity contribution in [1.82, 2.24) is 0 Å². The Bertz CT molecular complexity index is 55.9. The van der Waals surface area contributed by atoms with Crippen LogP contribution >= 0.6 is 0 Å². The lowest BCUT2D eigenvalue weighted by atomic mass is 11.0. The molecular weight excluding hydrogens is 106 g/mol. The van der Waals surface area contributed by atoms with Crippen molar-refractivity contribution in [3.05, 3.63) is 0 Å². The van der Waals surface area contributed by atoms with Gasteiger partial charge in [0.05, 0.1) is 6.07 Å². The summed E-state index contributed by atoms with van der Waals surface area (Å²) in [5, 5.41) is 7.32. The van der Waals surface area contributed by atoms with Crippen LogP contribution in [0.2, 0.25) is 0 Å². The van der Waals surface area contributed by atoms with Crippen LogP contribution in [0.1, 0.15) is 6.92 Å². The second-order valence-electron chi connectivity index (χ2n) is 0.919. The van der Waals surface area contributed by atoms with E-state index in [1.165, 1.54) is 6.92 Å². The summed E-state index contributed by atoms with van der Waals surface area (Å²) in [6.07, 6.45) is 0. The Balaban J connectivity index is 0. The van der Waals surface area contributed by atoms with Gasteiger partial charge in [0, 0.05) is 21.1 Å².